The summed E-state index contributed by atoms with van der Waals surface area (Å²) >= 11 is 5.87. The van der Waals surface area contributed by atoms with Gasteiger partial charge >= 0.3 is 5.97 Å². The van der Waals surface area contributed by atoms with Crippen molar-refractivity contribution in [2.75, 3.05) is 19.6 Å². The fraction of sp³-hybridized carbons (Fsp3) is 0.429. The molecule has 1 fully saturated rings. The summed E-state index contributed by atoms with van der Waals surface area (Å²) in [4.78, 5) is 24.5. The first kappa shape index (κ1) is 17.8. The van der Waals surface area contributed by atoms with Crippen molar-refractivity contribution >= 4 is 35.9 Å². The van der Waals surface area contributed by atoms with Crippen molar-refractivity contribution in [1.82, 2.24) is 10.2 Å². The fourth-order valence-electron chi connectivity index (χ4n) is 2.28. The molecule has 1 aromatic carbocycles. The molecular formula is C14H18Cl2N2O3. The normalized spacial score (nSPS) is 18.0. The van der Waals surface area contributed by atoms with Crippen molar-refractivity contribution in [2.24, 2.45) is 5.92 Å². The van der Waals surface area contributed by atoms with E-state index in [1.165, 1.54) is 0 Å². The van der Waals surface area contributed by atoms with Gasteiger partial charge in [0.2, 0.25) is 5.91 Å². The zero-order valence-electron chi connectivity index (χ0n) is 11.4. The molecule has 0 bridgehead atoms. The number of rotatable bonds is 5. The average Bonchev–Trinajstić information content (AvgIpc) is 2.85. The second-order valence-corrected chi connectivity index (χ2v) is 5.40. The topological polar surface area (TPSA) is 69.6 Å². The van der Waals surface area contributed by atoms with Gasteiger partial charge in [-0.1, -0.05) is 23.7 Å². The number of nitrogens with one attached hydrogen (secondary N) is 1. The Morgan fingerprint density at radius 3 is 2.81 bits per heavy atom. The van der Waals surface area contributed by atoms with Gasteiger partial charge in [-0.25, -0.2) is 0 Å². The van der Waals surface area contributed by atoms with E-state index in [1.54, 1.807) is 12.1 Å². The molecular weight excluding hydrogens is 315 g/mol. The number of hydrogen-bond acceptors (Lipinski definition) is 3. The van der Waals surface area contributed by atoms with E-state index in [4.69, 9.17) is 16.7 Å². The first-order valence-electron chi connectivity index (χ1n) is 6.51. The molecule has 7 heteroatoms. The molecule has 0 aromatic heterocycles. The van der Waals surface area contributed by atoms with Crippen LogP contribution in [0.2, 0.25) is 5.02 Å². The molecule has 1 saturated heterocycles. The Hall–Kier alpha value is -1.30. The summed E-state index contributed by atoms with van der Waals surface area (Å²) in [7, 11) is 0. The van der Waals surface area contributed by atoms with Gasteiger partial charge in [0.25, 0.3) is 0 Å². The van der Waals surface area contributed by atoms with Gasteiger partial charge in [0, 0.05) is 18.1 Å². The monoisotopic (exact) mass is 332 g/mol. The lowest BCUT2D eigenvalue weighted by Gasteiger charge is -2.14. The summed E-state index contributed by atoms with van der Waals surface area (Å²) in [6.45, 7) is 1.77. The van der Waals surface area contributed by atoms with Crippen LogP contribution in [0.1, 0.15) is 12.0 Å². The van der Waals surface area contributed by atoms with Crippen LogP contribution in [0, 0.1) is 5.92 Å². The summed E-state index contributed by atoms with van der Waals surface area (Å²) in [6.07, 6.45) is 0.608. The van der Waals surface area contributed by atoms with Gasteiger partial charge in [0.05, 0.1) is 12.5 Å². The first-order chi connectivity index (χ1) is 9.54. The summed E-state index contributed by atoms with van der Waals surface area (Å²) < 4.78 is 0. The van der Waals surface area contributed by atoms with Gasteiger partial charge < -0.3 is 10.4 Å². The fourth-order valence-corrected chi connectivity index (χ4v) is 2.50. The smallest absolute Gasteiger partial charge is 0.307 e. The highest BCUT2D eigenvalue weighted by Crippen LogP contribution is 2.15. The van der Waals surface area contributed by atoms with E-state index in [1.807, 2.05) is 17.0 Å². The Morgan fingerprint density at radius 2 is 2.19 bits per heavy atom. The molecule has 1 unspecified atom stereocenters. The molecule has 5 nitrogen and oxygen atoms in total. The van der Waals surface area contributed by atoms with Crippen LogP contribution in [-0.4, -0.2) is 41.5 Å². The molecule has 21 heavy (non-hydrogen) atoms. The summed E-state index contributed by atoms with van der Waals surface area (Å²) in [5, 5.41) is 12.4. The standard InChI is InChI=1S/C14H17ClN2O3.ClH/c15-12-3-1-2-10(6-12)7-16-13(18)9-17-5-4-11(8-17)14(19)20;/h1-3,6,11H,4-5,7-9H2,(H,16,18)(H,19,20);1H. The van der Waals surface area contributed by atoms with Crippen LogP contribution in [0.3, 0.4) is 0 Å². The van der Waals surface area contributed by atoms with Gasteiger partial charge in [-0.15, -0.1) is 12.4 Å². The molecule has 1 aliphatic rings. The maximum Gasteiger partial charge on any atom is 0.307 e. The maximum absolute atomic E-state index is 11.8. The second kappa shape index (κ2) is 8.22. The number of carboxylic acid groups (broad SMARTS) is 1. The van der Waals surface area contributed by atoms with Crippen molar-refractivity contribution < 1.29 is 14.7 Å². The zero-order chi connectivity index (χ0) is 14.5. The summed E-state index contributed by atoms with van der Waals surface area (Å²) in [6, 6.07) is 7.31. The van der Waals surface area contributed by atoms with Crippen LogP contribution in [0.25, 0.3) is 0 Å². The molecule has 1 aliphatic heterocycles. The van der Waals surface area contributed by atoms with Crippen LogP contribution in [0.5, 0.6) is 0 Å². The Morgan fingerprint density at radius 1 is 1.43 bits per heavy atom. The van der Waals surface area contributed by atoms with E-state index in [2.05, 4.69) is 5.32 Å². The van der Waals surface area contributed by atoms with Gasteiger partial charge in [-0.2, -0.15) is 0 Å². The molecule has 0 spiro atoms. The number of amides is 1. The summed E-state index contributed by atoms with van der Waals surface area (Å²) in [5.41, 5.74) is 0.940. The summed E-state index contributed by atoms with van der Waals surface area (Å²) in [5.74, 6) is -1.24. The van der Waals surface area contributed by atoms with Crippen molar-refractivity contribution in [3.8, 4) is 0 Å². The largest absolute Gasteiger partial charge is 0.481 e. The maximum atomic E-state index is 11.8. The van der Waals surface area contributed by atoms with Crippen LogP contribution >= 0.6 is 24.0 Å². The van der Waals surface area contributed by atoms with Gasteiger partial charge in [-0.05, 0) is 30.7 Å². The third kappa shape index (κ3) is 5.53. The lowest BCUT2D eigenvalue weighted by Crippen LogP contribution is -2.36. The predicted octanol–water partition coefficient (Wildman–Crippen LogP) is 1.78. The molecule has 0 aliphatic carbocycles. The van der Waals surface area contributed by atoms with Crippen molar-refractivity contribution in [3.63, 3.8) is 0 Å². The Kier molecular flexibility index (Phi) is 6.95. The third-order valence-corrected chi connectivity index (χ3v) is 3.60. The molecule has 1 atom stereocenters. The van der Waals surface area contributed by atoms with Crippen molar-refractivity contribution in [1.29, 1.82) is 0 Å². The van der Waals surface area contributed by atoms with Gasteiger partial charge in [0.15, 0.2) is 0 Å². The quantitative estimate of drug-likeness (QED) is 0.862. The molecule has 1 aromatic rings. The average molecular weight is 333 g/mol. The molecule has 0 radical (unpaired) electrons. The minimum Gasteiger partial charge on any atom is -0.481 e. The number of likely N-dealkylation sites (tertiary alicyclic amines) is 1. The highest BCUT2D eigenvalue weighted by molar-refractivity contribution is 6.30. The SMILES string of the molecule is Cl.O=C(CN1CCC(C(=O)O)C1)NCc1cccc(Cl)c1. The zero-order valence-corrected chi connectivity index (χ0v) is 13.0. The number of benzene rings is 1. The highest BCUT2D eigenvalue weighted by Gasteiger charge is 2.28. The molecule has 2 rings (SSSR count). The predicted molar refractivity (Wildman–Crippen MR) is 82.7 cm³/mol. The number of halogens is 2. The minimum absolute atomic E-state index is 0. The van der Waals surface area contributed by atoms with E-state index in [-0.39, 0.29) is 30.8 Å². The van der Waals surface area contributed by atoms with Crippen LogP contribution in [-0.2, 0) is 16.1 Å². The highest BCUT2D eigenvalue weighted by atomic mass is 35.5. The van der Waals surface area contributed by atoms with Gasteiger partial charge in [-0.3, -0.25) is 14.5 Å². The molecule has 2 N–H and O–H groups in total. The number of carboxylic acids is 1. The second-order valence-electron chi connectivity index (χ2n) is 4.97. The number of aliphatic carboxylic acids is 1. The van der Waals surface area contributed by atoms with Crippen LogP contribution in [0.4, 0.5) is 0 Å². The van der Waals surface area contributed by atoms with E-state index < -0.39 is 5.97 Å². The first-order valence-corrected chi connectivity index (χ1v) is 6.88. The van der Waals surface area contributed by atoms with Crippen LogP contribution in [0.15, 0.2) is 24.3 Å². The van der Waals surface area contributed by atoms with Crippen LogP contribution < -0.4 is 5.32 Å². The number of carbonyl (C=O) groups excluding carboxylic acids is 1. The van der Waals surface area contributed by atoms with E-state index in [0.717, 1.165) is 5.56 Å². The lowest BCUT2D eigenvalue weighted by atomic mass is 10.1. The van der Waals surface area contributed by atoms with E-state index >= 15 is 0 Å². The van der Waals surface area contributed by atoms with E-state index in [9.17, 15) is 9.59 Å². The molecule has 1 heterocycles. The molecule has 1 amide bonds. The third-order valence-electron chi connectivity index (χ3n) is 3.37. The lowest BCUT2D eigenvalue weighted by molar-refractivity contribution is -0.141. The number of nitrogens with zero attached hydrogens (tertiary/aromatic N) is 1. The minimum atomic E-state index is -0.785. The molecule has 0 saturated carbocycles. The van der Waals surface area contributed by atoms with Gasteiger partial charge in [0.1, 0.15) is 0 Å². The number of carbonyl (C=O) groups is 2. The Bertz CT molecular complexity index is 511. The Balaban J connectivity index is 0.00000220. The number of hydrogen-bond donors (Lipinski definition) is 2. The van der Waals surface area contributed by atoms with E-state index in [0.29, 0.717) is 31.1 Å². The molecule has 116 valence electrons. The van der Waals surface area contributed by atoms with Crippen molar-refractivity contribution in [3.05, 3.63) is 34.9 Å². The van der Waals surface area contributed by atoms with Crippen molar-refractivity contribution in [2.45, 2.75) is 13.0 Å². The Labute approximate surface area is 134 Å².